The SMILES string of the molecule is CCOCn1c(Oc2cc(C)cc(C)c2)c(C(C)C)c(=O)n(O)c1=O. The van der Waals surface area contributed by atoms with E-state index in [4.69, 9.17) is 9.47 Å². The molecule has 2 rings (SSSR count). The first-order valence-corrected chi connectivity index (χ1v) is 8.19. The van der Waals surface area contributed by atoms with Crippen molar-refractivity contribution in [3.8, 4) is 11.6 Å². The third kappa shape index (κ3) is 3.93. The Bertz CT molecular complexity index is 860. The largest absolute Gasteiger partial charge is 0.440 e. The molecular weight excluding hydrogens is 324 g/mol. The molecule has 7 heteroatoms. The number of hydrogen-bond donors (Lipinski definition) is 1. The Balaban J connectivity index is 2.71. The maximum Gasteiger partial charge on any atom is 0.369 e. The van der Waals surface area contributed by atoms with Gasteiger partial charge in [-0.1, -0.05) is 24.6 Å². The number of aryl methyl sites for hydroxylation is 2. The summed E-state index contributed by atoms with van der Waals surface area (Å²) in [5, 5.41) is 9.85. The summed E-state index contributed by atoms with van der Waals surface area (Å²) in [5.74, 6) is 0.341. The molecule has 0 aliphatic heterocycles. The predicted molar refractivity (Wildman–Crippen MR) is 93.9 cm³/mol. The van der Waals surface area contributed by atoms with Crippen LogP contribution in [-0.4, -0.2) is 21.1 Å². The summed E-state index contributed by atoms with van der Waals surface area (Å²) in [7, 11) is 0. The monoisotopic (exact) mass is 348 g/mol. The van der Waals surface area contributed by atoms with E-state index in [1.807, 2.05) is 32.0 Å². The van der Waals surface area contributed by atoms with Crippen molar-refractivity contribution in [2.45, 2.75) is 47.3 Å². The van der Waals surface area contributed by atoms with Crippen molar-refractivity contribution in [3.05, 3.63) is 55.7 Å². The van der Waals surface area contributed by atoms with Crippen LogP contribution in [0.15, 0.2) is 27.8 Å². The molecule has 0 amide bonds. The van der Waals surface area contributed by atoms with Crippen molar-refractivity contribution in [1.29, 1.82) is 0 Å². The van der Waals surface area contributed by atoms with Gasteiger partial charge in [0.25, 0.3) is 5.56 Å². The Morgan fingerprint density at radius 1 is 1.12 bits per heavy atom. The minimum absolute atomic E-state index is 0.0914. The average Bonchev–Trinajstić information content (AvgIpc) is 2.51. The summed E-state index contributed by atoms with van der Waals surface area (Å²) < 4.78 is 12.5. The van der Waals surface area contributed by atoms with Crippen molar-refractivity contribution in [2.75, 3.05) is 6.61 Å². The quantitative estimate of drug-likeness (QED) is 0.812. The van der Waals surface area contributed by atoms with Gasteiger partial charge in [0.05, 0.1) is 5.56 Å². The van der Waals surface area contributed by atoms with Crippen LogP contribution in [0, 0.1) is 13.8 Å². The molecule has 25 heavy (non-hydrogen) atoms. The van der Waals surface area contributed by atoms with Gasteiger partial charge in [0.15, 0.2) is 0 Å². The zero-order chi connectivity index (χ0) is 18.7. The molecule has 1 heterocycles. The van der Waals surface area contributed by atoms with Crippen molar-refractivity contribution >= 4 is 0 Å². The van der Waals surface area contributed by atoms with Crippen LogP contribution in [0.25, 0.3) is 0 Å². The van der Waals surface area contributed by atoms with Gasteiger partial charge in [0.2, 0.25) is 5.88 Å². The van der Waals surface area contributed by atoms with Crippen LogP contribution in [0.4, 0.5) is 0 Å². The number of ether oxygens (including phenoxy) is 2. The second kappa shape index (κ2) is 7.57. The summed E-state index contributed by atoms with van der Waals surface area (Å²) in [6.45, 7) is 9.48. The van der Waals surface area contributed by atoms with E-state index in [0.717, 1.165) is 15.7 Å². The normalized spacial score (nSPS) is 11.1. The third-order valence-electron chi connectivity index (χ3n) is 3.72. The third-order valence-corrected chi connectivity index (χ3v) is 3.72. The van der Waals surface area contributed by atoms with Crippen LogP contribution in [0.3, 0.4) is 0 Å². The minimum Gasteiger partial charge on any atom is -0.440 e. The summed E-state index contributed by atoms with van der Waals surface area (Å²) >= 11 is 0. The topological polar surface area (TPSA) is 82.7 Å². The average molecular weight is 348 g/mol. The van der Waals surface area contributed by atoms with E-state index in [1.165, 1.54) is 0 Å². The molecule has 1 aromatic heterocycles. The first kappa shape index (κ1) is 18.8. The molecule has 0 aliphatic carbocycles. The number of nitrogens with zero attached hydrogens (tertiary/aromatic N) is 2. The molecule has 0 bridgehead atoms. The molecule has 0 atom stereocenters. The zero-order valence-corrected chi connectivity index (χ0v) is 15.2. The van der Waals surface area contributed by atoms with E-state index in [9.17, 15) is 14.8 Å². The van der Waals surface area contributed by atoms with Crippen molar-refractivity contribution < 1.29 is 14.7 Å². The van der Waals surface area contributed by atoms with Gasteiger partial charge in [0.1, 0.15) is 12.5 Å². The van der Waals surface area contributed by atoms with Crippen LogP contribution in [0.5, 0.6) is 11.6 Å². The predicted octanol–water partition coefficient (Wildman–Crippen LogP) is 2.77. The maximum absolute atomic E-state index is 12.4. The summed E-state index contributed by atoms with van der Waals surface area (Å²) in [6, 6.07) is 5.63. The zero-order valence-electron chi connectivity index (χ0n) is 15.2. The first-order valence-electron chi connectivity index (χ1n) is 8.19. The number of rotatable bonds is 6. The van der Waals surface area contributed by atoms with Crippen LogP contribution in [0.1, 0.15) is 43.4 Å². The Morgan fingerprint density at radius 3 is 2.24 bits per heavy atom. The molecule has 1 N–H and O–H groups in total. The molecule has 0 fully saturated rings. The summed E-state index contributed by atoms with van der Waals surface area (Å²) in [5.41, 5.74) is 0.515. The fourth-order valence-electron chi connectivity index (χ4n) is 2.64. The Hall–Kier alpha value is -2.54. The van der Waals surface area contributed by atoms with E-state index in [2.05, 4.69) is 0 Å². The van der Waals surface area contributed by atoms with Crippen LogP contribution in [-0.2, 0) is 11.5 Å². The van der Waals surface area contributed by atoms with Gasteiger partial charge in [-0.25, -0.2) is 9.36 Å². The van der Waals surface area contributed by atoms with Crippen LogP contribution < -0.4 is 16.0 Å². The smallest absolute Gasteiger partial charge is 0.369 e. The van der Waals surface area contributed by atoms with Crippen LogP contribution in [0.2, 0.25) is 0 Å². The van der Waals surface area contributed by atoms with Gasteiger partial charge in [-0.3, -0.25) is 4.79 Å². The lowest BCUT2D eigenvalue weighted by Crippen LogP contribution is -2.41. The highest BCUT2D eigenvalue weighted by Gasteiger charge is 2.23. The second-order valence-corrected chi connectivity index (χ2v) is 6.25. The maximum atomic E-state index is 12.4. The molecule has 0 saturated carbocycles. The lowest BCUT2D eigenvalue weighted by atomic mass is 10.1. The van der Waals surface area contributed by atoms with E-state index in [1.54, 1.807) is 20.8 Å². The van der Waals surface area contributed by atoms with Gasteiger partial charge >= 0.3 is 5.69 Å². The second-order valence-electron chi connectivity index (χ2n) is 6.25. The fraction of sp³-hybridized carbons (Fsp3) is 0.444. The van der Waals surface area contributed by atoms with Gasteiger partial charge in [-0.15, -0.1) is 0 Å². The number of hydrogen-bond acceptors (Lipinski definition) is 5. The number of aromatic nitrogens is 2. The van der Waals surface area contributed by atoms with Crippen molar-refractivity contribution in [3.63, 3.8) is 0 Å². The molecule has 0 saturated heterocycles. The van der Waals surface area contributed by atoms with E-state index in [-0.39, 0.29) is 28.8 Å². The van der Waals surface area contributed by atoms with E-state index >= 15 is 0 Å². The summed E-state index contributed by atoms with van der Waals surface area (Å²) in [6.07, 6.45) is 0. The summed E-state index contributed by atoms with van der Waals surface area (Å²) in [4.78, 5) is 24.7. The van der Waals surface area contributed by atoms with Gasteiger partial charge in [-0.05, 0) is 49.9 Å². The first-order chi connectivity index (χ1) is 11.8. The van der Waals surface area contributed by atoms with Crippen molar-refractivity contribution in [2.24, 2.45) is 0 Å². The molecule has 0 aliphatic rings. The highest BCUT2D eigenvalue weighted by atomic mass is 16.5. The molecule has 0 radical (unpaired) electrons. The molecule has 0 unspecified atom stereocenters. The Kier molecular flexibility index (Phi) is 5.69. The van der Waals surface area contributed by atoms with Crippen molar-refractivity contribution in [1.82, 2.24) is 9.30 Å². The van der Waals surface area contributed by atoms with Gasteiger partial charge < -0.3 is 14.7 Å². The lowest BCUT2D eigenvalue weighted by molar-refractivity contribution is 0.0660. The van der Waals surface area contributed by atoms with Crippen LogP contribution >= 0.6 is 0 Å². The minimum atomic E-state index is -0.901. The molecule has 7 nitrogen and oxygen atoms in total. The Morgan fingerprint density at radius 2 is 1.72 bits per heavy atom. The Labute approximate surface area is 146 Å². The van der Waals surface area contributed by atoms with Gasteiger partial charge in [-0.2, -0.15) is 0 Å². The lowest BCUT2D eigenvalue weighted by Gasteiger charge is -2.19. The molecule has 0 spiro atoms. The molecule has 136 valence electrons. The highest BCUT2D eigenvalue weighted by molar-refractivity contribution is 5.38. The molecule has 1 aromatic carbocycles. The van der Waals surface area contributed by atoms with E-state index < -0.39 is 11.2 Å². The van der Waals surface area contributed by atoms with Gasteiger partial charge in [0, 0.05) is 6.61 Å². The molecule has 2 aromatic rings. The van der Waals surface area contributed by atoms with E-state index in [0.29, 0.717) is 12.4 Å². The standard InChI is InChI=1S/C18H24N2O5/c1-6-24-10-19-17(25-14-8-12(4)7-13(5)9-14)15(11(2)3)16(21)20(23)18(19)22/h7-9,11,23H,6,10H2,1-5H3. The molecular formula is C18H24N2O5. The highest BCUT2D eigenvalue weighted by Crippen LogP contribution is 2.28. The fourth-order valence-corrected chi connectivity index (χ4v) is 2.64. The number of benzene rings is 1.